The molecule has 0 aromatic carbocycles. The Bertz CT molecular complexity index is 358. The lowest BCUT2D eigenvalue weighted by Gasteiger charge is -2.37. The molecule has 0 aromatic rings. The number of hydrogen-bond donors (Lipinski definition) is 3. The van der Waals surface area contributed by atoms with Crippen LogP contribution >= 0.6 is 0 Å². The van der Waals surface area contributed by atoms with Gasteiger partial charge in [-0.05, 0) is 26.3 Å². The molecule has 1 aliphatic heterocycles. The number of nitrogens with two attached hydrogens (primary N) is 1. The van der Waals surface area contributed by atoms with Crippen molar-refractivity contribution in [1.29, 1.82) is 0 Å². The van der Waals surface area contributed by atoms with E-state index in [1.165, 1.54) is 0 Å². The highest BCUT2D eigenvalue weighted by atomic mass is 16.4. The minimum absolute atomic E-state index is 0.138. The number of carboxylic acids is 1. The van der Waals surface area contributed by atoms with Gasteiger partial charge in [0.2, 0.25) is 5.91 Å². The van der Waals surface area contributed by atoms with Gasteiger partial charge in [-0.2, -0.15) is 0 Å². The number of carboxylic acid groups (broad SMARTS) is 1. The van der Waals surface area contributed by atoms with Gasteiger partial charge in [0.25, 0.3) is 0 Å². The van der Waals surface area contributed by atoms with Crippen LogP contribution in [0.3, 0.4) is 0 Å². The van der Waals surface area contributed by atoms with Gasteiger partial charge in [-0.3, -0.25) is 14.9 Å². The Labute approximate surface area is 105 Å². The van der Waals surface area contributed by atoms with Gasteiger partial charge < -0.3 is 15.7 Å². The van der Waals surface area contributed by atoms with Crippen molar-refractivity contribution in [2.45, 2.75) is 26.2 Å². The summed E-state index contributed by atoms with van der Waals surface area (Å²) >= 11 is 0. The van der Waals surface area contributed by atoms with E-state index in [1.54, 1.807) is 6.92 Å². The summed E-state index contributed by atoms with van der Waals surface area (Å²) < 4.78 is 0. The van der Waals surface area contributed by atoms with Gasteiger partial charge in [-0.25, -0.2) is 4.79 Å². The maximum absolute atomic E-state index is 11.2. The number of nitrogens with one attached hydrogen (secondary N) is 1. The van der Waals surface area contributed by atoms with Crippen molar-refractivity contribution >= 4 is 17.9 Å². The number of primary amides is 1. The number of amides is 3. The summed E-state index contributed by atoms with van der Waals surface area (Å²) in [6, 6.07) is -0.867. The molecule has 0 aliphatic carbocycles. The standard InChI is InChI=1S/C11H19N3O4/c1-11(9(16)17)4-2-5-14(7-11)6-3-8(15)13-10(12)18/h2-7H2,1H3,(H,16,17)(H3,12,13,15,18). The summed E-state index contributed by atoms with van der Waals surface area (Å²) in [6.45, 7) is 3.34. The van der Waals surface area contributed by atoms with Crippen LogP contribution in [0.25, 0.3) is 0 Å². The second-order valence-corrected chi connectivity index (χ2v) is 4.91. The van der Waals surface area contributed by atoms with Crippen LogP contribution in [0.2, 0.25) is 0 Å². The third kappa shape index (κ3) is 3.99. The fourth-order valence-electron chi connectivity index (χ4n) is 2.17. The first-order valence-electron chi connectivity index (χ1n) is 5.88. The average molecular weight is 257 g/mol. The lowest BCUT2D eigenvalue weighted by Crippen LogP contribution is -2.47. The molecule has 1 saturated heterocycles. The lowest BCUT2D eigenvalue weighted by molar-refractivity contribution is -0.151. The summed E-state index contributed by atoms with van der Waals surface area (Å²) in [5.74, 6) is -1.25. The zero-order valence-corrected chi connectivity index (χ0v) is 10.4. The van der Waals surface area contributed by atoms with Crippen molar-refractivity contribution in [2.24, 2.45) is 11.1 Å². The Hall–Kier alpha value is -1.63. The van der Waals surface area contributed by atoms with Crippen molar-refractivity contribution < 1.29 is 19.5 Å². The van der Waals surface area contributed by atoms with E-state index in [9.17, 15) is 14.4 Å². The molecule has 1 unspecified atom stereocenters. The maximum atomic E-state index is 11.2. The molecule has 102 valence electrons. The second kappa shape index (κ2) is 5.81. The lowest BCUT2D eigenvalue weighted by atomic mass is 9.82. The number of hydrogen-bond acceptors (Lipinski definition) is 4. The largest absolute Gasteiger partial charge is 0.481 e. The predicted molar refractivity (Wildman–Crippen MR) is 63.8 cm³/mol. The van der Waals surface area contributed by atoms with Crippen LogP contribution in [0.15, 0.2) is 0 Å². The topological polar surface area (TPSA) is 113 Å². The molecule has 0 bridgehead atoms. The number of nitrogens with zero attached hydrogens (tertiary/aromatic N) is 1. The number of carbonyl (C=O) groups excluding carboxylic acids is 2. The number of imide groups is 1. The van der Waals surface area contributed by atoms with E-state index in [-0.39, 0.29) is 6.42 Å². The predicted octanol–water partition coefficient (Wildman–Crippen LogP) is -0.242. The number of urea groups is 1. The van der Waals surface area contributed by atoms with Crippen molar-refractivity contribution in [2.75, 3.05) is 19.6 Å². The first kappa shape index (κ1) is 14.4. The summed E-state index contributed by atoms with van der Waals surface area (Å²) in [6.07, 6.45) is 1.57. The van der Waals surface area contributed by atoms with Crippen molar-refractivity contribution in [3.05, 3.63) is 0 Å². The van der Waals surface area contributed by atoms with E-state index in [4.69, 9.17) is 10.8 Å². The molecule has 1 heterocycles. The second-order valence-electron chi connectivity index (χ2n) is 4.91. The summed E-state index contributed by atoms with van der Waals surface area (Å²) in [7, 11) is 0. The van der Waals surface area contributed by atoms with Crippen LogP contribution in [0, 0.1) is 5.41 Å². The summed E-state index contributed by atoms with van der Waals surface area (Å²) in [5.41, 5.74) is 4.07. The third-order valence-electron chi connectivity index (χ3n) is 3.21. The van der Waals surface area contributed by atoms with E-state index in [0.29, 0.717) is 19.5 Å². The fraction of sp³-hybridized carbons (Fsp3) is 0.727. The third-order valence-corrected chi connectivity index (χ3v) is 3.21. The first-order valence-corrected chi connectivity index (χ1v) is 5.88. The highest BCUT2D eigenvalue weighted by Gasteiger charge is 2.37. The van der Waals surface area contributed by atoms with Crippen LogP contribution in [0.1, 0.15) is 26.2 Å². The van der Waals surface area contributed by atoms with Gasteiger partial charge in [0.1, 0.15) is 0 Å². The first-order chi connectivity index (χ1) is 8.33. The zero-order valence-electron chi connectivity index (χ0n) is 10.4. The molecular formula is C11H19N3O4. The summed E-state index contributed by atoms with van der Waals surface area (Å²) in [4.78, 5) is 34.8. The summed E-state index contributed by atoms with van der Waals surface area (Å²) in [5, 5.41) is 11.1. The minimum atomic E-state index is -0.867. The highest BCUT2D eigenvalue weighted by molar-refractivity contribution is 5.93. The number of aliphatic carboxylic acids is 1. The fourth-order valence-corrected chi connectivity index (χ4v) is 2.17. The normalized spacial score (nSPS) is 24.5. The Morgan fingerprint density at radius 3 is 2.67 bits per heavy atom. The van der Waals surface area contributed by atoms with E-state index in [2.05, 4.69) is 0 Å². The SMILES string of the molecule is CC1(C(=O)O)CCCN(CCC(=O)NC(N)=O)C1. The van der Waals surface area contributed by atoms with Gasteiger partial charge in [0, 0.05) is 19.5 Å². The Morgan fingerprint density at radius 2 is 2.11 bits per heavy atom. The van der Waals surface area contributed by atoms with Crippen LogP contribution < -0.4 is 11.1 Å². The van der Waals surface area contributed by atoms with Crippen LogP contribution in [-0.2, 0) is 9.59 Å². The Balaban J connectivity index is 2.41. The molecule has 4 N–H and O–H groups in total. The Morgan fingerprint density at radius 1 is 1.44 bits per heavy atom. The van der Waals surface area contributed by atoms with Gasteiger partial charge in [-0.1, -0.05) is 0 Å². The van der Waals surface area contributed by atoms with E-state index in [1.807, 2.05) is 10.2 Å². The highest BCUT2D eigenvalue weighted by Crippen LogP contribution is 2.29. The molecule has 1 fully saturated rings. The zero-order chi connectivity index (χ0) is 13.8. The molecule has 0 aromatic heterocycles. The number of likely N-dealkylation sites (tertiary alicyclic amines) is 1. The quantitative estimate of drug-likeness (QED) is 0.643. The number of piperidine rings is 1. The van der Waals surface area contributed by atoms with Crippen molar-refractivity contribution in [1.82, 2.24) is 10.2 Å². The van der Waals surface area contributed by atoms with Crippen LogP contribution in [0.5, 0.6) is 0 Å². The van der Waals surface area contributed by atoms with Gasteiger partial charge >= 0.3 is 12.0 Å². The van der Waals surface area contributed by atoms with E-state index >= 15 is 0 Å². The van der Waals surface area contributed by atoms with Crippen LogP contribution in [0.4, 0.5) is 4.79 Å². The Kier molecular flexibility index (Phi) is 4.66. The molecule has 1 rings (SSSR count). The minimum Gasteiger partial charge on any atom is -0.481 e. The number of rotatable bonds is 4. The molecule has 7 heteroatoms. The van der Waals surface area contributed by atoms with Gasteiger partial charge in [0.15, 0.2) is 0 Å². The van der Waals surface area contributed by atoms with E-state index in [0.717, 1.165) is 13.0 Å². The van der Waals surface area contributed by atoms with Crippen molar-refractivity contribution in [3.63, 3.8) is 0 Å². The molecule has 0 spiro atoms. The smallest absolute Gasteiger partial charge is 0.318 e. The van der Waals surface area contributed by atoms with Crippen LogP contribution in [-0.4, -0.2) is 47.5 Å². The molecule has 1 atom stereocenters. The number of carbonyl (C=O) groups is 3. The van der Waals surface area contributed by atoms with Gasteiger partial charge in [-0.15, -0.1) is 0 Å². The molecule has 3 amide bonds. The van der Waals surface area contributed by atoms with E-state index < -0.39 is 23.3 Å². The molecule has 0 saturated carbocycles. The molecule has 7 nitrogen and oxygen atoms in total. The molecule has 18 heavy (non-hydrogen) atoms. The maximum Gasteiger partial charge on any atom is 0.318 e. The molecular weight excluding hydrogens is 238 g/mol. The average Bonchev–Trinajstić information content (AvgIpc) is 2.25. The molecule has 1 aliphatic rings. The monoisotopic (exact) mass is 257 g/mol. The van der Waals surface area contributed by atoms with Crippen molar-refractivity contribution in [3.8, 4) is 0 Å². The molecule has 0 radical (unpaired) electrons. The van der Waals surface area contributed by atoms with Gasteiger partial charge in [0.05, 0.1) is 5.41 Å².